The first-order chi connectivity index (χ1) is 9.97. The highest BCUT2D eigenvalue weighted by Gasteiger charge is 2.06. The van der Waals surface area contributed by atoms with Crippen molar-refractivity contribution in [3.05, 3.63) is 59.2 Å². The van der Waals surface area contributed by atoms with E-state index in [0.29, 0.717) is 22.6 Å². The molecule has 0 saturated heterocycles. The van der Waals surface area contributed by atoms with E-state index in [1.807, 2.05) is 0 Å². The molecule has 6 nitrogen and oxygen atoms in total. The molecule has 0 fully saturated rings. The van der Waals surface area contributed by atoms with Crippen LogP contribution in [0.5, 0.6) is 5.75 Å². The fourth-order valence-electron chi connectivity index (χ4n) is 1.76. The lowest BCUT2D eigenvalue weighted by molar-refractivity contribution is 0.0991. The summed E-state index contributed by atoms with van der Waals surface area (Å²) in [7, 11) is 0. The molecule has 6 heteroatoms. The zero-order chi connectivity index (χ0) is 15.4. The van der Waals surface area contributed by atoms with Crippen molar-refractivity contribution < 1.29 is 14.3 Å². The maximum Gasteiger partial charge on any atom is 0.248 e. The van der Waals surface area contributed by atoms with Gasteiger partial charge in [-0.15, -0.1) is 0 Å². The van der Waals surface area contributed by atoms with E-state index in [4.69, 9.17) is 21.9 Å². The SMILES string of the molecule is NC(=O)c1ccc(OCc2ccc(C(N)=O)cc2N)cc1. The molecule has 21 heavy (non-hydrogen) atoms. The van der Waals surface area contributed by atoms with Crippen LogP contribution in [-0.4, -0.2) is 11.8 Å². The van der Waals surface area contributed by atoms with Crippen molar-refractivity contribution in [3.8, 4) is 5.75 Å². The van der Waals surface area contributed by atoms with Crippen molar-refractivity contribution in [2.75, 3.05) is 5.73 Å². The van der Waals surface area contributed by atoms with Gasteiger partial charge in [-0.05, 0) is 36.4 Å². The van der Waals surface area contributed by atoms with Crippen LogP contribution in [0.25, 0.3) is 0 Å². The summed E-state index contributed by atoms with van der Waals surface area (Å²) in [4.78, 5) is 22.0. The molecule has 0 heterocycles. The smallest absolute Gasteiger partial charge is 0.248 e. The minimum atomic E-state index is -0.531. The Morgan fingerprint density at radius 1 is 0.905 bits per heavy atom. The van der Waals surface area contributed by atoms with E-state index in [2.05, 4.69) is 0 Å². The summed E-state index contributed by atoms with van der Waals surface area (Å²) < 4.78 is 5.56. The van der Waals surface area contributed by atoms with Gasteiger partial charge in [0.05, 0.1) is 0 Å². The molecule has 0 saturated carbocycles. The van der Waals surface area contributed by atoms with Crippen LogP contribution >= 0.6 is 0 Å². The predicted molar refractivity (Wildman–Crippen MR) is 78.7 cm³/mol. The summed E-state index contributed by atoms with van der Waals surface area (Å²) in [5.74, 6) is -0.442. The summed E-state index contributed by atoms with van der Waals surface area (Å²) in [6.07, 6.45) is 0. The number of ether oxygens (including phenoxy) is 1. The van der Waals surface area contributed by atoms with Gasteiger partial charge in [0, 0.05) is 22.4 Å². The molecule has 2 rings (SSSR count). The normalized spacial score (nSPS) is 10.1. The molecule has 108 valence electrons. The number of benzene rings is 2. The first-order valence-electron chi connectivity index (χ1n) is 6.18. The van der Waals surface area contributed by atoms with Gasteiger partial charge in [-0.1, -0.05) is 6.07 Å². The van der Waals surface area contributed by atoms with Crippen molar-refractivity contribution in [2.45, 2.75) is 6.61 Å². The number of carbonyl (C=O) groups excluding carboxylic acids is 2. The molecule has 2 aromatic carbocycles. The summed E-state index contributed by atoms with van der Waals surface area (Å²) in [5.41, 5.74) is 18.1. The number of anilines is 1. The van der Waals surface area contributed by atoms with Crippen molar-refractivity contribution in [3.63, 3.8) is 0 Å². The number of nitrogens with two attached hydrogens (primary N) is 3. The summed E-state index contributed by atoms with van der Waals surface area (Å²) in [5, 5.41) is 0. The third-order valence-electron chi connectivity index (χ3n) is 2.96. The van der Waals surface area contributed by atoms with E-state index in [-0.39, 0.29) is 6.61 Å². The van der Waals surface area contributed by atoms with E-state index in [9.17, 15) is 9.59 Å². The highest BCUT2D eigenvalue weighted by molar-refractivity contribution is 5.94. The van der Waals surface area contributed by atoms with Crippen molar-refractivity contribution >= 4 is 17.5 Å². The van der Waals surface area contributed by atoms with E-state index < -0.39 is 11.8 Å². The molecule has 0 radical (unpaired) electrons. The number of hydrogen-bond donors (Lipinski definition) is 3. The van der Waals surface area contributed by atoms with E-state index in [1.54, 1.807) is 36.4 Å². The van der Waals surface area contributed by atoms with E-state index in [1.165, 1.54) is 6.07 Å². The molecule has 0 unspecified atom stereocenters. The van der Waals surface area contributed by atoms with Gasteiger partial charge in [0.2, 0.25) is 11.8 Å². The molecule has 6 N–H and O–H groups in total. The third kappa shape index (κ3) is 3.50. The lowest BCUT2D eigenvalue weighted by Gasteiger charge is -2.09. The van der Waals surface area contributed by atoms with Crippen molar-refractivity contribution in [1.29, 1.82) is 0 Å². The van der Waals surface area contributed by atoms with E-state index >= 15 is 0 Å². The predicted octanol–water partition coefficient (Wildman–Crippen LogP) is 1.05. The second kappa shape index (κ2) is 5.96. The highest BCUT2D eigenvalue weighted by Crippen LogP contribution is 2.18. The van der Waals surface area contributed by atoms with Gasteiger partial charge >= 0.3 is 0 Å². The van der Waals surface area contributed by atoms with Gasteiger partial charge in [-0.3, -0.25) is 9.59 Å². The molecular weight excluding hydrogens is 270 g/mol. The Bertz CT molecular complexity index is 681. The topological polar surface area (TPSA) is 121 Å². The molecule has 0 aliphatic carbocycles. The zero-order valence-electron chi connectivity index (χ0n) is 11.2. The van der Waals surface area contributed by atoms with Gasteiger partial charge < -0.3 is 21.9 Å². The Hall–Kier alpha value is -3.02. The largest absolute Gasteiger partial charge is 0.489 e. The number of primary amides is 2. The van der Waals surface area contributed by atoms with Crippen molar-refractivity contribution in [2.24, 2.45) is 11.5 Å². The van der Waals surface area contributed by atoms with Gasteiger partial charge in [-0.25, -0.2) is 0 Å². The van der Waals surface area contributed by atoms with Crippen LogP contribution in [0.4, 0.5) is 5.69 Å². The first-order valence-corrected chi connectivity index (χ1v) is 6.18. The van der Waals surface area contributed by atoms with E-state index in [0.717, 1.165) is 5.56 Å². The number of amides is 2. The minimum absolute atomic E-state index is 0.237. The van der Waals surface area contributed by atoms with Crippen LogP contribution in [-0.2, 0) is 6.61 Å². The fraction of sp³-hybridized carbons (Fsp3) is 0.0667. The molecule has 0 aliphatic rings. The quantitative estimate of drug-likeness (QED) is 0.710. The number of nitrogen functional groups attached to an aromatic ring is 1. The van der Waals surface area contributed by atoms with Gasteiger partial charge in [-0.2, -0.15) is 0 Å². The Kier molecular flexibility index (Phi) is 4.08. The monoisotopic (exact) mass is 285 g/mol. The third-order valence-corrected chi connectivity index (χ3v) is 2.96. The standard InChI is InChI=1S/C15H15N3O3/c16-13-7-10(15(18)20)1-2-11(13)8-21-12-5-3-9(4-6-12)14(17)19/h1-7H,8,16H2,(H2,17,19)(H2,18,20). The minimum Gasteiger partial charge on any atom is -0.489 e. The lowest BCUT2D eigenvalue weighted by Crippen LogP contribution is -2.12. The van der Waals surface area contributed by atoms with Crippen LogP contribution in [0, 0.1) is 0 Å². The molecule has 0 aromatic heterocycles. The second-order valence-electron chi connectivity index (χ2n) is 4.46. The molecule has 2 amide bonds. The Balaban J connectivity index is 2.06. The van der Waals surface area contributed by atoms with Crippen LogP contribution in [0.3, 0.4) is 0 Å². The lowest BCUT2D eigenvalue weighted by atomic mass is 10.1. The number of rotatable bonds is 5. The van der Waals surface area contributed by atoms with Crippen molar-refractivity contribution in [1.82, 2.24) is 0 Å². The maximum atomic E-state index is 11.0. The Morgan fingerprint density at radius 2 is 1.48 bits per heavy atom. The van der Waals surface area contributed by atoms with Gasteiger partial charge in [0.1, 0.15) is 12.4 Å². The van der Waals surface area contributed by atoms with Crippen LogP contribution in [0.1, 0.15) is 26.3 Å². The second-order valence-corrected chi connectivity index (χ2v) is 4.46. The molecule has 0 bridgehead atoms. The summed E-state index contributed by atoms with van der Waals surface area (Å²) in [6, 6.07) is 11.2. The fourth-order valence-corrected chi connectivity index (χ4v) is 1.76. The van der Waals surface area contributed by atoms with Gasteiger partial charge in [0.25, 0.3) is 0 Å². The Labute approximate surface area is 121 Å². The number of hydrogen-bond acceptors (Lipinski definition) is 4. The summed E-state index contributed by atoms with van der Waals surface area (Å²) >= 11 is 0. The zero-order valence-corrected chi connectivity index (χ0v) is 11.2. The molecule has 2 aromatic rings. The van der Waals surface area contributed by atoms with Crippen LogP contribution in [0.2, 0.25) is 0 Å². The first kappa shape index (κ1) is 14.4. The molecule has 0 spiro atoms. The van der Waals surface area contributed by atoms with Crippen LogP contribution in [0.15, 0.2) is 42.5 Å². The highest BCUT2D eigenvalue weighted by atomic mass is 16.5. The average molecular weight is 285 g/mol. The van der Waals surface area contributed by atoms with Gasteiger partial charge in [0.15, 0.2) is 0 Å². The molecular formula is C15H15N3O3. The number of carbonyl (C=O) groups is 2. The average Bonchev–Trinajstić information content (AvgIpc) is 2.46. The maximum absolute atomic E-state index is 11.0. The molecule has 0 aliphatic heterocycles. The molecule has 0 atom stereocenters. The summed E-state index contributed by atoms with van der Waals surface area (Å²) in [6.45, 7) is 0.237. The van der Waals surface area contributed by atoms with Crippen LogP contribution < -0.4 is 21.9 Å². The Morgan fingerprint density at radius 3 is 2.00 bits per heavy atom.